The summed E-state index contributed by atoms with van der Waals surface area (Å²) in [5, 5.41) is 5.47. The lowest BCUT2D eigenvalue weighted by atomic mass is 10.1. The van der Waals surface area contributed by atoms with Crippen LogP contribution in [-0.2, 0) is 0 Å². The van der Waals surface area contributed by atoms with Gasteiger partial charge < -0.3 is 5.32 Å². The van der Waals surface area contributed by atoms with Crippen LogP contribution in [0.2, 0.25) is 0 Å². The van der Waals surface area contributed by atoms with Gasteiger partial charge >= 0.3 is 0 Å². The monoisotopic (exact) mass is 212 g/mol. The minimum absolute atomic E-state index is 0.557. The fraction of sp³-hybridized carbons (Fsp3) is 0.909. The van der Waals surface area contributed by atoms with Crippen LogP contribution in [0.1, 0.15) is 40.0 Å². The Hall–Kier alpha value is -0.180. The fourth-order valence-electron chi connectivity index (χ4n) is 1.95. The smallest absolute Gasteiger partial charge is 0.157 e. The first-order chi connectivity index (χ1) is 6.74. The Balaban J connectivity index is 1.87. The zero-order valence-corrected chi connectivity index (χ0v) is 10.1. The van der Waals surface area contributed by atoms with Crippen molar-refractivity contribution in [3.05, 3.63) is 0 Å². The summed E-state index contributed by atoms with van der Waals surface area (Å²) in [6.45, 7) is 6.80. The summed E-state index contributed by atoms with van der Waals surface area (Å²) in [5.74, 6) is 0.860. The van der Waals surface area contributed by atoms with E-state index in [0.29, 0.717) is 6.04 Å². The van der Waals surface area contributed by atoms with Crippen molar-refractivity contribution in [1.82, 2.24) is 5.32 Å². The Labute approximate surface area is 90.9 Å². The summed E-state index contributed by atoms with van der Waals surface area (Å²) < 4.78 is 0. The molecule has 3 heteroatoms. The average molecular weight is 212 g/mol. The standard InChI is InChI=1S/C11H20N2S/c1-4-8-10(5-2)14-11(12-8)13-9-6-7(9)3/h7-10H,4-6H2,1-3H3,(H,12,13). The van der Waals surface area contributed by atoms with Crippen LogP contribution in [0.3, 0.4) is 0 Å². The van der Waals surface area contributed by atoms with Crippen LogP contribution in [0.25, 0.3) is 0 Å². The molecule has 0 aromatic rings. The molecular weight excluding hydrogens is 192 g/mol. The summed E-state index contributed by atoms with van der Waals surface area (Å²) in [5.41, 5.74) is 0. The van der Waals surface area contributed by atoms with Crippen molar-refractivity contribution in [2.45, 2.75) is 57.4 Å². The number of nitrogens with zero attached hydrogens (tertiary/aromatic N) is 1. The fourth-order valence-corrected chi connectivity index (χ4v) is 3.23. The van der Waals surface area contributed by atoms with Crippen LogP contribution in [0.15, 0.2) is 4.99 Å². The lowest BCUT2D eigenvalue weighted by molar-refractivity contribution is 0.613. The minimum Gasteiger partial charge on any atom is -0.362 e. The van der Waals surface area contributed by atoms with Crippen molar-refractivity contribution in [2.24, 2.45) is 10.9 Å². The van der Waals surface area contributed by atoms with Crippen LogP contribution < -0.4 is 5.32 Å². The van der Waals surface area contributed by atoms with Gasteiger partial charge in [0, 0.05) is 11.3 Å². The van der Waals surface area contributed by atoms with E-state index in [1.165, 1.54) is 24.4 Å². The molecule has 0 aromatic heterocycles. The van der Waals surface area contributed by atoms with Crippen molar-refractivity contribution in [3.63, 3.8) is 0 Å². The minimum atomic E-state index is 0.557. The van der Waals surface area contributed by atoms with E-state index in [-0.39, 0.29) is 0 Å². The van der Waals surface area contributed by atoms with Crippen LogP contribution in [-0.4, -0.2) is 22.5 Å². The van der Waals surface area contributed by atoms with Crippen molar-refractivity contribution >= 4 is 16.9 Å². The van der Waals surface area contributed by atoms with E-state index in [1.54, 1.807) is 0 Å². The molecule has 1 heterocycles. The van der Waals surface area contributed by atoms with Crippen molar-refractivity contribution in [2.75, 3.05) is 0 Å². The molecule has 4 atom stereocenters. The molecule has 2 nitrogen and oxygen atoms in total. The van der Waals surface area contributed by atoms with E-state index in [0.717, 1.165) is 17.2 Å². The van der Waals surface area contributed by atoms with Gasteiger partial charge in [-0.3, -0.25) is 4.99 Å². The number of aliphatic imine (C=N–C) groups is 1. The molecule has 1 saturated carbocycles. The number of nitrogens with one attached hydrogen (secondary N) is 1. The molecule has 0 amide bonds. The predicted molar refractivity (Wildman–Crippen MR) is 63.9 cm³/mol. The number of thioether (sulfide) groups is 1. The Bertz CT molecular complexity index is 239. The van der Waals surface area contributed by atoms with Crippen LogP contribution in [0.5, 0.6) is 0 Å². The lowest BCUT2D eigenvalue weighted by Gasteiger charge is -2.11. The summed E-state index contributed by atoms with van der Waals surface area (Å²) >= 11 is 1.95. The third-order valence-electron chi connectivity index (χ3n) is 3.21. The van der Waals surface area contributed by atoms with E-state index in [9.17, 15) is 0 Å². The van der Waals surface area contributed by atoms with Gasteiger partial charge in [0.2, 0.25) is 0 Å². The second kappa shape index (κ2) is 4.13. The summed E-state index contributed by atoms with van der Waals surface area (Å²) in [6.07, 6.45) is 3.74. The molecule has 2 rings (SSSR count). The molecule has 4 unspecified atom stereocenters. The van der Waals surface area contributed by atoms with E-state index in [2.05, 4.69) is 26.1 Å². The number of hydrogen-bond acceptors (Lipinski definition) is 3. The van der Waals surface area contributed by atoms with Crippen LogP contribution in [0.4, 0.5) is 0 Å². The maximum atomic E-state index is 4.74. The van der Waals surface area contributed by atoms with Gasteiger partial charge in [-0.15, -0.1) is 0 Å². The maximum Gasteiger partial charge on any atom is 0.157 e. The molecular formula is C11H20N2S. The third-order valence-corrected chi connectivity index (χ3v) is 4.61. The van der Waals surface area contributed by atoms with Gasteiger partial charge in [0.15, 0.2) is 5.17 Å². The summed E-state index contributed by atoms with van der Waals surface area (Å²) in [4.78, 5) is 4.74. The molecule has 1 aliphatic carbocycles. The molecule has 80 valence electrons. The van der Waals surface area contributed by atoms with Gasteiger partial charge in [-0.1, -0.05) is 32.5 Å². The van der Waals surface area contributed by atoms with E-state index in [4.69, 9.17) is 4.99 Å². The van der Waals surface area contributed by atoms with Gasteiger partial charge in [0.25, 0.3) is 0 Å². The zero-order chi connectivity index (χ0) is 10.1. The third kappa shape index (κ3) is 2.08. The highest BCUT2D eigenvalue weighted by Gasteiger charge is 2.36. The Morgan fingerprint density at radius 1 is 1.43 bits per heavy atom. The summed E-state index contributed by atoms with van der Waals surface area (Å²) in [7, 11) is 0. The molecule has 0 spiro atoms. The van der Waals surface area contributed by atoms with Crippen LogP contribution >= 0.6 is 11.8 Å². The van der Waals surface area contributed by atoms with Crippen molar-refractivity contribution in [1.29, 1.82) is 0 Å². The van der Waals surface area contributed by atoms with Gasteiger partial charge in [0.1, 0.15) is 0 Å². The second-order valence-corrected chi connectivity index (χ2v) is 5.67. The van der Waals surface area contributed by atoms with E-state index in [1.807, 2.05) is 11.8 Å². The maximum absolute atomic E-state index is 4.74. The molecule has 0 aromatic carbocycles. The average Bonchev–Trinajstić information content (AvgIpc) is 2.73. The molecule has 0 saturated heterocycles. The van der Waals surface area contributed by atoms with Gasteiger partial charge in [-0.25, -0.2) is 0 Å². The lowest BCUT2D eigenvalue weighted by Crippen LogP contribution is -2.22. The molecule has 1 fully saturated rings. The molecule has 1 aliphatic heterocycles. The predicted octanol–water partition coefficient (Wildman–Crippen LogP) is 2.64. The number of amidine groups is 1. The van der Waals surface area contributed by atoms with Gasteiger partial charge in [-0.2, -0.15) is 0 Å². The Morgan fingerprint density at radius 3 is 2.57 bits per heavy atom. The first-order valence-corrected chi connectivity index (χ1v) is 6.63. The topological polar surface area (TPSA) is 24.4 Å². The number of hydrogen-bond donors (Lipinski definition) is 1. The van der Waals surface area contributed by atoms with E-state index < -0.39 is 0 Å². The van der Waals surface area contributed by atoms with Crippen molar-refractivity contribution < 1.29 is 0 Å². The molecule has 1 N–H and O–H groups in total. The Morgan fingerprint density at radius 2 is 2.14 bits per heavy atom. The van der Waals surface area contributed by atoms with Gasteiger partial charge in [-0.05, 0) is 25.2 Å². The molecule has 0 bridgehead atoms. The van der Waals surface area contributed by atoms with Crippen molar-refractivity contribution in [3.8, 4) is 0 Å². The zero-order valence-electron chi connectivity index (χ0n) is 9.29. The quantitative estimate of drug-likeness (QED) is 0.778. The second-order valence-electron chi connectivity index (χ2n) is 4.44. The molecule has 14 heavy (non-hydrogen) atoms. The highest BCUT2D eigenvalue weighted by atomic mass is 32.2. The van der Waals surface area contributed by atoms with Crippen LogP contribution in [0, 0.1) is 5.92 Å². The molecule has 0 radical (unpaired) electrons. The van der Waals surface area contributed by atoms with E-state index >= 15 is 0 Å². The first-order valence-electron chi connectivity index (χ1n) is 5.75. The largest absolute Gasteiger partial charge is 0.362 e. The normalized spacial score (nSPS) is 40.9. The molecule has 2 aliphatic rings. The first kappa shape index (κ1) is 10.3. The Kier molecular flexibility index (Phi) is 3.05. The highest BCUT2D eigenvalue weighted by Crippen LogP contribution is 2.34. The SMILES string of the molecule is CCC1N=C(NC2CC2C)SC1CC. The highest BCUT2D eigenvalue weighted by molar-refractivity contribution is 8.14. The van der Waals surface area contributed by atoms with Gasteiger partial charge in [0.05, 0.1) is 6.04 Å². The summed E-state index contributed by atoms with van der Waals surface area (Å²) in [6, 6.07) is 1.27. The number of rotatable bonds is 3.